The van der Waals surface area contributed by atoms with E-state index in [0.29, 0.717) is 23.9 Å². The van der Waals surface area contributed by atoms with Gasteiger partial charge in [0.2, 0.25) is 0 Å². The predicted molar refractivity (Wildman–Crippen MR) is 61.7 cm³/mol. The molecular formula is C12H24N2O. The highest BCUT2D eigenvalue weighted by Crippen LogP contribution is 2.26. The van der Waals surface area contributed by atoms with Crippen molar-refractivity contribution in [3.8, 4) is 0 Å². The third kappa shape index (κ3) is 2.71. The minimum absolute atomic E-state index is 0.588. The van der Waals surface area contributed by atoms with Crippen molar-refractivity contribution in [2.75, 3.05) is 19.8 Å². The van der Waals surface area contributed by atoms with Crippen molar-refractivity contribution in [3.63, 3.8) is 0 Å². The van der Waals surface area contributed by atoms with Crippen molar-refractivity contribution in [1.29, 1.82) is 0 Å². The van der Waals surface area contributed by atoms with Crippen LogP contribution in [0.5, 0.6) is 0 Å². The molecule has 4 atom stereocenters. The largest absolute Gasteiger partial charge is 0.381 e. The molecule has 3 nitrogen and oxygen atoms in total. The van der Waals surface area contributed by atoms with Crippen LogP contribution in [0, 0.1) is 11.8 Å². The van der Waals surface area contributed by atoms with Crippen molar-refractivity contribution in [2.45, 2.75) is 44.7 Å². The third-order valence-electron chi connectivity index (χ3n) is 4.11. The van der Waals surface area contributed by atoms with E-state index in [4.69, 9.17) is 10.5 Å². The second kappa shape index (κ2) is 5.28. The molecule has 1 saturated carbocycles. The molecule has 4 unspecified atom stereocenters. The van der Waals surface area contributed by atoms with Crippen LogP contribution in [0.2, 0.25) is 0 Å². The fourth-order valence-corrected chi connectivity index (χ4v) is 2.96. The first-order valence-corrected chi connectivity index (χ1v) is 6.35. The van der Waals surface area contributed by atoms with Crippen LogP contribution >= 0.6 is 0 Å². The first kappa shape index (κ1) is 11.4. The van der Waals surface area contributed by atoms with Crippen molar-refractivity contribution in [2.24, 2.45) is 17.6 Å². The maximum absolute atomic E-state index is 5.79. The van der Waals surface area contributed by atoms with Crippen LogP contribution in [0.25, 0.3) is 0 Å². The summed E-state index contributed by atoms with van der Waals surface area (Å²) in [6.07, 6.45) is 5.17. The zero-order valence-corrected chi connectivity index (χ0v) is 9.74. The molecule has 1 heterocycles. The molecule has 0 aromatic rings. The molecule has 88 valence electrons. The van der Waals surface area contributed by atoms with Gasteiger partial charge in [-0.15, -0.1) is 0 Å². The normalized spacial score (nSPS) is 38.4. The monoisotopic (exact) mass is 212 g/mol. The molecule has 2 aliphatic rings. The topological polar surface area (TPSA) is 47.3 Å². The van der Waals surface area contributed by atoms with E-state index in [2.05, 4.69) is 12.2 Å². The van der Waals surface area contributed by atoms with Crippen LogP contribution < -0.4 is 11.1 Å². The molecule has 1 aliphatic carbocycles. The fraction of sp³-hybridized carbons (Fsp3) is 1.00. The van der Waals surface area contributed by atoms with Gasteiger partial charge in [0.25, 0.3) is 0 Å². The van der Waals surface area contributed by atoms with Crippen LogP contribution in [0.3, 0.4) is 0 Å². The van der Waals surface area contributed by atoms with Crippen LogP contribution in [0.4, 0.5) is 0 Å². The zero-order valence-electron chi connectivity index (χ0n) is 9.74. The highest BCUT2D eigenvalue weighted by molar-refractivity contribution is 4.87. The molecule has 3 heteroatoms. The Kier molecular flexibility index (Phi) is 4.00. The van der Waals surface area contributed by atoms with Crippen molar-refractivity contribution < 1.29 is 4.74 Å². The summed E-state index contributed by atoms with van der Waals surface area (Å²) in [7, 11) is 0. The molecule has 2 rings (SSSR count). The summed E-state index contributed by atoms with van der Waals surface area (Å²) < 4.78 is 5.43. The van der Waals surface area contributed by atoms with Crippen LogP contribution in [-0.2, 0) is 4.74 Å². The summed E-state index contributed by atoms with van der Waals surface area (Å²) in [6, 6.07) is 1.25. The van der Waals surface area contributed by atoms with Gasteiger partial charge in [-0.3, -0.25) is 0 Å². The Labute approximate surface area is 92.7 Å². The molecule has 0 aromatic heterocycles. The molecule has 0 bridgehead atoms. The first-order chi connectivity index (χ1) is 7.31. The highest BCUT2D eigenvalue weighted by Gasteiger charge is 2.30. The lowest BCUT2D eigenvalue weighted by molar-refractivity contribution is 0.175. The van der Waals surface area contributed by atoms with Gasteiger partial charge in [0, 0.05) is 18.7 Å². The molecule has 2 fully saturated rings. The quantitative estimate of drug-likeness (QED) is 0.734. The molecule has 0 spiro atoms. The summed E-state index contributed by atoms with van der Waals surface area (Å²) in [5, 5.41) is 3.76. The van der Waals surface area contributed by atoms with Crippen molar-refractivity contribution in [3.05, 3.63) is 0 Å². The van der Waals surface area contributed by atoms with Crippen LogP contribution in [0.1, 0.15) is 32.6 Å². The van der Waals surface area contributed by atoms with E-state index in [1.807, 2.05) is 0 Å². The predicted octanol–water partition coefficient (Wildman–Crippen LogP) is 1.13. The van der Waals surface area contributed by atoms with E-state index in [9.17, 15) is 0 Å². The van der Waals surface area contributed by atoms with E-state index >= 15 is 0 Å². The number of nitrogens with one attached hydrogen (secondary N) is 1. The average molecular weight is 212 g/mol. The molecule has 1 aliphatic heterocycles. The van der Waals surface area contributed by atoms with E-state index in [1.165, 1.54) is 25.7 Å². The molecule has 0 aromatic carbocycles. The smallest absolute Gasteiger partial charge is 0.0509 e. The Bertz CT molecular complexity index is 192. The Morgan fingerprint density at radius 2 is 2.27 bits per heavy atom. The van der Waals surface area contributed by atoms with Gasteiger partial charge in [-0.05, 0) is 44.6 Å². The van der Waals surface area contributed by atoms with Crippen molar-refractivity contribution in [1.82, 2.24) is 5.32 Å². The Morgan fingerprint density at radius 1 is 1.40 bits per heavy atom. The standard InChI is InChI=1S/C12H24N2O/c1-9(11-5-6-15-8-11)14-12-4-2-3-10(12)7-13/h9-12,14H,2-8,13H2,1H3. The molecule has 0 radical (unpaired) electrons. The van der Waals surface area contributed by atoms with Gasteiger partial charge in [0.1, 0.15) is 0 Å². The highest BCUT2D eigenvalue weighted by atomic mass is 16.5. The number of hydrogen-bond acceptors (Lipinski definition) is 3. The van der Waals surface area contributed by atoms with Gasteiger partial charge in [-0.2, -0.15) is 0 Å². The molecular weight excluding hydrogens is 188 g/mol. The molecule has 1 saturated heterocycles. The Hall–Kier alpha value is -0.120. The molecule has 15 heavy (non-hydrogen) atoms. The lowest BCUT2D eigenvalue weighted by Crippen LogP contribution is -2.44. The van der Waals surface area contributed by atoms with Crippen molar-refractivity contribution >= 4 is 0 Å². The van der Waals surface area contributed by atoms with Gasteiger partial charge < -0.3 is 15.8 Å². The maximum Gasteiger partial charge on any atom is 0.0509 e. The van der Waals surface area contributed by atoms with Gasteiger partial charge in [-0.25, -0.2) is 0 Å². The van der Waals surface area contributed by atoms with Gasteiger partial charge in [0.15, 0.2) is 0 Å². The summed E-state index contributed by atoms with van der Waals surface area (Å²) >= 11 is 0. The lowest BCUT2D eigenvalue weighted by Gasteiger charge is -2.27. The first-order valence-electron chi connectivity index (χ1n) is 6.35. The second-order valence-electron chi connectivity index (χ2n) is 5.11. The zero-order chi connectivity index (χ0) is 10.7. The Morgan fingerprint density at radius 3 is 2.93 bits per heavy atom. The lowest BCUT2D eigenvalue weighted by atomic mass is 9.97. The van der Waals surface area contributed by atoms with Crippen LogP contribution in [-0.4, -0.2) is 31.8 Å². The minimum Gasteiger partial charge on any atom is -0.381 e. The average Bonchev–Trinajstić information content (AvgIpc) is 2.87. The molecule has 3 N–H and O–H groups in total. The van der Waals surface area contributed by atoms with Gasteiger partial charge in [0.05, 0.1) is 6.61 Å². The number of hydrogen-bond donors (Lipinski definition) is 2. The van der Waals surface area contributed by atoms with E-state index < -0.39 is 0 Å². The summed E-state index contributed by atoms with van der Waals surface area (Å²) in [5.74, 6) is 1.42. The number of rotatable bonds is 4. The van der Waals surface area contributed by atoms with Crippen LogP contribution in [0.15, 0.2) is 0 Å². The third-order valence-corrected chi connectivity index (χ3v) is 4.11. The van der Waals surface area contributed by atoms with E-state index in [1.54, 1.807) is 0 Å². The summed E-state index contributed by atoms with van der Waals surface area (Å²) in [4.78, 5) is 0. The number of nitrogens with two attached hydrogens (primary N) is 1. The summed E-state index contributed by atoms with van der Waals surface area (Å²) in [6.45, 7) is 5.02. The van der Waals surface area contributed by atoms with Gasteiger partial charge in [-0.1, -0.05) is 6.42 Å². The van der Waals surface area contributed by atoms with Gasteiger partial charge >= 0.3 is 0 Å². The minimum atomic E-state index is 0.588. The second-order valence-corrected chi connectivity index (χ2v) is 5.11. The Balaban J connectivity index is 1.79. The molecule has 0 amide bonds. The fourth-order valence-electron chi connectivity index (χ4n) is 2.96. The number of ether oxygens (including phenoxy) is 1. The van der Waals surface area contributed by atoms with E-state index in [0.717, 1.165) is 19.8 Å². The maximum atomic E-state index is 5.79. The van der Waals surface area contributed by atoms with E-state index in [-0.39, 0.29) is 0 Å². The summed E-state index contributed by atoms with van der Waals surface area (Å²) in [5.41, 5.74) is 5.79. The SMILES string of the molecule is CC(NC1CCCC1CN)C1CCOC1.